The van der Waals surface area contributed by atoms with Gasteiger partial charge in [0.15, 0.2) is 10.9 Å². The molecule has 1 aliphatic rings. The molecule has 1 heterocycles. The molecule has 0 aliphatic heterocycles. The Kier molecular flexibility index (Phi) is 7.13. The van der Waals surface area contributed by atoms with Gasteiger partial charge in [-0.3, -0.25) is 4.79 Å². The lowest BCUT2D eigenvalue weighted by atomic mass is 9.84. The van der Waals surface area contributed by atoms with Crippen molar-refractivity contribution in [3.8, 4) is 0 Å². The van der Waals surface area contributed by atoms with E-state index in [-0.39, 0.29) is 5.78 Å². The van der Waals surface area contributed by atoms with Gasteiger partial charge in [-0.2, -0.15) is 0 Å². The molecule has 1 aromatic heterocycles. The van der Waals surface area contributed by atoms with E-state index in [9.17, 15) is 4.79 Å². The second kappa shape index (κ2) is 9.56. The van der Waals surface area contributed by atoms with Gasteiger partial charge in [-0.25, -0.2) is 4.98 Å². The van der Waals surface area contributed by atoms with E-state index in [4.69, 9.17) is 4.74 Å². The largest absolute Gasteiger partial charge is 0.383 e. The molecule has 0 spiro atoms. The first-order valence-corrected chi connectivity index (χ1v) is 10.9. The summed E-state index contributed by atoms with van der Waals surface area (Å²) in [7, 11) is 1.70. The lowest BCUT2D eigenvalue weighted by Crippen LogP contribution is -2.09. The standard InChI is InChI=1S/C22H30N2O2S/c1-16-17(2)24(13-14-26-3)22(23-16)27-15-21(25)20-11-9-19(10-12-20)18-7-5-4-6-8-18/h9-12,18H,4-8,13-15H2,1-3H3. The molecular formula is C22H30N2O2S. The van der Waals surface area contributed by atoms with Crippen molar-refractivity contribution in [2.24, 2.45) is 0 Å². The number of aryl methyl sites for hydroxylation is 1. The molecule has 0 saturated heterocycles. The Bertz CT molecular complexity index is 761. The maximum atomic E-state index is 12.6. The lowest BCUT2D eigenvalue weighted by Gasteiger charge is -2.22. The summed E-state index contributed by atoms with van der Waals surface area (Å²) in [5, 5.41) is 0.897. The van der Waals surface area contributed by atoms with Crippen molar-refractivity contribution in [1.29, 1.82) is 0 Å². The summed E-state index contributed by atoms with van der Waals surface area (Å²) in [4.78, 5) is 17.3. The van der Waals surface area contributed by atoms with Crippen molar-refractivity contribution in [3.63, 3.8) is 0 Å². The second-order valence-corrected chi connectivity index (χ2v) is 8.32. The molecule has 3 rings (SSSR count). The van der Waals surface area contributed by atoms with Crippen LogP contribution in [0.5, 0.6) is 0 Å². The number of carbonyl (C=O) groups excluding carboxylic acids is 1. The number of hydrogen-bond acceptors (Lipinski definition) is 4. The molecule has 0 unspecified atom stereocenters. The zero-order valence-corrected chi connectivity index (χ0v) is 17.5. The van der Waals surface area contributed by atoms with Gasteiger partial charge in [-0.15, -0.1) is 0 Å². The number of benzene rings is 1. The second-order valence-electron chi connectivity index (χ2n) is 7.38. The van der Waals surface area contributed by atoms with Gasteiger partial charge in [-0.1, -0.05) is 55.3 Å². The fourth-order valence-corrected chi connectivity index (χ4v) is 4.78. The van der Waals surface area contributed by atoms with E-state index in [0.717, 1.165) is 28.7 Å². The summed E-state index contributed by atoms with van der Waals surface area (Å²) in [6.45, 7) is 5.47. The summed E-state index contributed by atoms with van der Waals surface area (Å²) in [6, 6.07) is 8.31. The third-order valence-corrected chi connectivity index (χ3v) is 6.56. The molecule has 4 nitrogen and oxygen atoms in total. The Labute approximate surface area is 166 Å². The van der Waals surface area contributed by atoms with Gasteiger partial charge in [-0.05, 0) is 38.2 Å². The van der Waals surface area contributed by atoms with Crippen LogP contribution in [0.1, 0.15) is 65.3 Å². The Morgan fingerprint density at radius 1 is 1.19 bits per heavy atom. The maximum absolute atomic E-state index is 12.6. The number of Topliss-reactive ketones (excluding diaryl/α,β-unsaturated/α-hetero) is 1. The molecule has 146 valence electrons. The average molecular weight is 387 g/mol. The van der Waals surface area contributed by atoms with Crippen molar-refractivity contribution in [2.45, 2.75) is 63.6 Å². The fourth-order valence-electron chi connectivity index (χ4n) is 3.77. The number of rotatable bonds is 8. The minimum absolute atomic E-state index is 0.159. The molecule has 5 heteroatoms. The van der Waals surface area contributed by atoms with Crippen LogP contribution < -0.4 is 0 Å². The molecule has 1 fully saturated rings. The van der Waals surface area contributed by atoms with Gasteiger partial charge in [0.25, 0.3) is 0 Å². The number of thioether (sulfide) groups is 1. The highest BCUT2D eigenvalue weighted by atomic mass is 32.2. The molecule has 0 atom stereocenters. The molecule has 27 heavy (non-hydrogen) atoms. The Balaban J connectivity index is 1.61. The third kappa shape index (κ3) is 5.02. The van der Waals surface area contributed by atoms with Crippen molar-refractivity contribution >= 4 is 17.5 Å². The maximum Gasteiger partial charge on any atom is 0.173 e. The molecule has 1 aromatic carbocycles. The van der Waals surface area contributed by atoms with Gasteiger partial charge in [0.05, 0.1) is 18.1 Å². The van der Waals surface area contributed by atoms with Crippen LogP contribution in [-0.2, 0) is 11.3 Å². The van der Waals surface area contributed by atoms with Crippen LogP contribution in [0.2, 0.25) is 0 Å². The van der Waals surface area contributed by atoms with E-state index < -0.39 is 0 Å². The van der Waals surface area contributed by atoms with Crippen LogP contribution in [-0.4, -0.2) is 34.8 Å². The molecule has 0 amide bonds. The molecular weight excluding hydrogens is 356 g/mol. The van der Waals surface area contributed by atoms with E-state index in [0.29, 0.717) is 18.3 Å². The third-order valence-electron chi connectivity index (χ3n) is 5.58. The number of nitrogens with zero attached hydrogens (tertiary/aromatic N) is 2. The summed E-state index contributed by atoms with van der Waals surface area (Å²) >= 11 is 1.51. The highest BCUT2D eigenvalue weighted by Crippen LogP contribution is 2.32. The molecule has 0 radical (unpaired) electrons. The predicted octanol–water partition coefficient (Wildman–Crippen LogP) is 5.17. The van der Waals surface area contributed by atoms with E-state index >= 15 is 0 Å². The van der Waals surface area contributed by atoms with E-state index in [1.54, 1.807) is 7.11 Å². The number of methoxy groups -OCH3 is 1. The number of aromatic nitrogens is 2. The highest BCUT2D eigenvalue weighted by Gasteiger charge is 2.17. The van der Waals surface area contributed by atoms with E-state index in [1.165, 1.54) is 49.4 Å². The van der Waals surface area contributed by atoms with Crippen molar-refractivity contribution in [3.05, 3.63) is 46.8 Å². The Morgan fingerprint density at radius 3 is 2.56 bits per heavy atom. The summed E-state index contributed by atoms with van der Waals surface area (Å²) in [5.41, 5.74) is 4.34. The van der Waals surface area contributed by atoms with E-state index in [1.807, 2.05) is 19.1 Å². The van der Waals surface area contributed by atoms with Gasteiger partial charge < -0.3 is 9.30 Å². The minimum Gasteiger partial charge on any atom is -0.383 e. The monoisotopic (exact) mass is 386 g/mol. The first-order chi connectivity index (χ1) is 13.1. The van der Waals surface area contributed by atoms with Crippen LogP contribution in [0.4, 0.5) is 0 Å². The smallest absolute Gasteiger partial charge is 0.173 e. The summed E-state index contributed by atoms with van der Waals surface area (Å²) < 4.78 is 7.34. The molecule has 1 aliphatic carbocycles. The van der Waals surface area contributed by atoms with Crippen LogP contribution >= 0.6 is 11.8 Å². The Morgan fingerprint density at radius 2 is 1.89 bits per heavy atom. The number of ether oxygens (including phenoxy) is 1. The van der Waals surface area contributed by atoms with Gasteiger partial charge >= 0.3 is 0 Å². The van der Waals surface area contributed by atoms with Crippen LogP contribution in [0.3, 0.4) is 0 Å². The number of imidazole rings is 1. The molecule has 2 aromatic rings. The van der Waals surface area contributed by atoms with Gasteiger partial charge in [0.2, 0.25) is 0 Å². The first kappa shape index (κ1) is 20.2. The Hall–Kier alpha value is -1.59. The quantitative estimate of drug-likeness (QED) is 0.464. The zero-order chi connectivity index (χ0) is 19.2. The van der Waals surface area contributed by atoms with Gasteiger partial charge in [0.1, 0.15) is 0 Å². The number of carbonyl (C=O) groups is 1. The predicted molar refractivity (Wildman–Crippen MR) is 111 cm³/mol. The lowest BCUT2D eigenvalue weighted by molar-refractivity contribution is 0.102. The number of ketones is 1. The topological polar surface area (TPSA) is 44.1 Å². The average Bonchev–Trinajstić information content (AvgIpc) is 2.98. The van der Waals surface area contributed by atoms with E-state index in [2.05, 4.69) is 28.6 Å². The van der Waals surface area contributed by atoms with Crippen LogP contribution in [0.15, 0.2) is 29.4 Å². The van der Waals surface area contributed by atoms with Crippen LogP contribution in [0.25, 0.3) is 0 Å². The van der Waals surface area contributed by atoms with Crippen molar-refractivity contribution < 1.29 is 9.53 Å². The molecule has 0 N–H and O–H groups in total. The molecule has 0 bridgehead atoms. The normalized spacial score (nSPS) is 15.2. The van der Waals surface area contributed by atoms with Crippen molar-refractivity contribution in [2.75, 3.05) is 19.5 Å². The first-order valence-electron chi connectivity index (χ1n) is 9.88. The molecule has 1 saturated carbocycles. The minimum atomic E-state index is 0.159. The number of hydrogen-bond donors (Lipinski definition) is 0. The SMILES string of the molecule is COCCn1c(SCC(=O)c2ccc(C3CCCCC3)cc2)nc(C)c1C. The van der Waals surface area contributed by atoms with Gasteiger partial charge in [0, 0.05) is 24.9 Å². The highest BCUT2D eigenvalue weighted by molar-refractivity contribution is 7.99. The zero-order valence-electron chi connectivity index (χ0n) is 16.7. The van der Waals surface area contributed by atoms with Crippen molar-refractivity contribution in [1.82, 2.24) is 9.55 Å². The fraction of sp³-hybridized carbons (Fsp3) is 0.545. The summed E-state index contributed by atoms with van der Waals surface area (Å²) in [6.07, 6.45) is 6.59. The summed E-state index contributed by atoms with van der Waals surface area (Å²) in [5.74, 6) is 1.24. The van der Waals surface area contributed by atoms with Crippen LogP contribution in [0, 0.1) is 13.8 Å².